The van der Waals surface area contributed by atoms with Crippen LogP contribution in [0.25, 0.3) is 0 Å². The van der Waals surface area contributed by atoms with Gasteiger partial charge in [-0.2, -0.15) is 0 Å². The first-order chi connectivity index (χ1) is 8.85. The van der Waals surface area contributed by atoms with E-state index in [2.05, 4.69) is 10.3 Å². The number of nitrogens with zero attached hydrogens (tertiary/aromatic N) is 1. The Kier molecular flexibility index (Phi) is 5.48. The van der Waals surface area contributed by atoms with E-state index >= 15 is 0 Å². The minimum atomic E-state index is -0.0773. The molecule has 0 spiro atoms. The van der Waals surface area contributed by atoms with Gasteiger partial charge in [-0.15, -0.1) is 0 Å². The van der Waals surface area contributed by atoms with E-state index in [1.54, 1.807) is 0 Å². The van der Waals surface area contributed by atoms with Gasteiger partial charge >= 0.3 is 0 Å². The normalized spacial score (nSPS) is 11.4. The van der Waals surface area contributed by atoms with Crippen molar-refractivity contribution in [2.24, 2.45) is 5.41 Å². The van der Waals surface area contributed by atoms with Gasteiger partial charge in [0.1, 0.15) is 0 Å². The zero-order chi connectivity index (χ0) is 14.5. The molecule has 0 atom stereocenters. The predicted octanol–water partition coefficient (Wildman–Crippen LogP) is 2.23. The Morgan fingerprint density at radius 3 is 2.63 bits per heavy atom. The summed E-state index contributed by atoms with van der Waals surface area (Å²) in [5, 5.41) is 12.0. The summed E-state index contributed by atoms with van der Waals surface area (Å²) >= 11 is 0. The number of amides is 1. The zero-order valence-electron chi connectivity index (χ0n) is 12.3. The molecule has 0 saturated heterocycles. The number of hydrogen-bond donors (Lipinski definition) is 2. The maximum absolute atomic E-state index is 12.0. The van der Waals surface area contributed by atoms with Gasteiger partial charge in [-0.1, -0.05) is 13.8 Å². The van der Waals surface area contributed by atoms with Crippen LogP contribution in [-0.2, 0) is 0 Å². The van der Waals surface area contributed by atoms with Crippen LogP contribution < -0.4 is 5.32 Å². The highest BCUT2D eigenvalue weighted by Crippen LogP contribution is 2.20. The molecular weight excluding hydrogens is 240 g/mol. The smallest absolute Gasteiger partial charge is 0.253 e. The third kappa shape index (κ3) is 4.99. The number of hydrogen-bond acceptors (Lipinski definition) is 3. The number of aromatic nitrogens is 1. The van der Waals surface area contributed by atoms with Crippen molar-refractivity contribution in [2.45, 2.75) is 40.5 Å². The third-order valence-electron chi connectivity index (χ3n) is 3.21. The Morgan fingerprint density at radius 1 is 1.37 bits per heavy atom. The molecule has 0 unspecified atom stereocenters. The van der Waals surface area contributed by atoms with E-state index in [9.17, 15) is 4.79 Å². The summed E-state index contributed by atoms with van der Waals surface area (Å²) < 4.78 is 0. The molecule has 1 rings (SSSR count). The average Bonchev–Trinajstić information content (AvgIpc) is 2.34. The first-order valence-corrected chi connectivity index (χ1v) is 6.69. The van der Waals surface area contributed by atoms with E-state index in [0.29, 0.717) is 12.1 Å². The second-order valence-electron chi connectivity index (χ2n) is 5.77. The number of carbonyl (C=O) groups excluding carboxylic acids is 1. The lowest BCUT2D eigenvalue weighted by Crippen LogP contribution is -2.27. The second-order valence-corrected chi connectivity index (χ2v) is 5.77. The van der Waals surface area contributed by atoms with Crippen molar-refractivity contribution >= 4 is 5.91 Å². The van der Waals surface area contributed by atoms with Crippen LogP contribution in [0.3, 0.4) is 0 Å². The molecule has 0 aliphatic carbocycles. The Morgan fingerprint density at radius 2 is 2.05 bits per heavy atom. The van der Waals surface area contributed by atoms with Crippen molar-refractivity contribution in [3.05, 3.63) is 29.1 Å². The van der Waals surface area contributed by atoms with Crippen LogP contribution >= 0.6 is 0 Å². The summed E-state index contributed by atoms with van der Waals surface area (Å²) in [5.41, 5.74) is 2.23. The van der Waals surface area contributed by atoms with Crippen LogP contribution in [0, 0.1) is 19.3 Å². The number of rotatable bonds is 6. The van der Waals surface area contributed by atoms with E-state index in [0.717, 1.165) is 24.2 Å². The number of aryl methyl sites for hydroxylation is 2. The fourth-order valence-corrected chi connectivity index (χ4v) is 1.87. The number of aliphatic hydroxyl groups is 1. The van der Waals surface area contributed by atoms with Gasteiger partial charge in [-0.05, 0) is 44.2 Å². The Labute approximate surface area is 115 Å². The topological polar surface area (TPSA) is 62.2 Å². The lowest BCUT2D eigenvalue weighted by Gasteiger charge is -2.21. The van der Waals surface area contributed by atoms with Gasteiger partial charge in [0.05, 0.1) is 11.3 Å². The second kappa shape index (κ2) is 6.66. The highest BCUT2D eigenvalue weighted by atomic mass is 16.3. The molecule has 1 aromatic heterocycles. The average molecular weight is 264 g/mol. The SMILES string of the molecule is Cc1ccc(C(=O)NCCCC(C)(C)CO)c(C)n1. The molecule has 0 aliphatic rings. The van der Waals surface area contributed by atoms with Crippen LogP contribution in [-0.4, -0.2) is 29.1 Å². The lowest BCUT2D eigenvalue weighted by atomic mass is 9.89. The molecule has 0 aliphatic heterocycles. The molecule has 0 fully saturated rings. The third-order valence-corrected chi connectivity index (χ3v) is 3.21. The van der Waals surface area contributed by atoms with Gasteiger partial charge in [0, 0.05) is 18.8 Å². The molecule has 2 N–H and O–H groups in total. The van der Waals surface area contributed by atoms with Crippen LogP contribution in [0.5, 0.6) is 0 Å². The number of carbonyl (C=O) groups is 1. The van der Waals surface area contributed by atoms with E-state index in [1.165, 1.54) is 0 Å². The van der Waals surface area contributed by atoms with Crippen LogP contribution in [0.2, 0.25) is 0 Å². The number of pyridine rings is 1. The van der Waals surface area contributed by atoms with Gasteiger partial charge in [0.2, 0.25) is 0 Å². The van der Waals surface area contributed by atoms with Gasteiger partial charge in [-0.3, -0.25) is 9.78 Å². The lowest BCUT2D eigenvalue weighted by molar-refractivity contribution is 0.0947. The number of aliphatic hydroxyl groups excluding tert-OH is 1. The van der Waals surface area contributed by atoms with E-state index in [-0.39, 0.29) is 17.9 Å². The molecule has 19 heavy (non-hydrogen) atoms. The fourth-order valence-electron chi connectivity index (χ4n) is 1.87. The molecule has 1 heterocycles. The molecule has 0 bridgehead atoms. The van der Waals surface area contributed by atoms with E-state index < -0.39 is 0 Å². The van der Waals surface area contributed by atoms with Crippen molar-refractivity contribution in [1.29, 1.82) is 0 Å². The molecule has 0 radical (unpaired) electrons. The Hall–Kier alpha value is -1.42. The summed E-state index contributed by atoms with van der Waals surface area (Å²) in [5.74, 6) is -0.0770. The van der Waals surface area contributed by atoms with Crippen molar-refractivity contribution in [3.63, 3.8) is 0 Å². The van der Waals surface area contributed by atoms with Crippen LogP contribution in [0.15, 0.2) is 12.1 Å². The highest BCUT2D eigenvalue weighted by molar-refractivity contribution is 5.95. The summed E-state index contributed by atoms with van der Waals surface area (Å²) in [6.07, 6.45) is 1.74. The summed E-state index contributed by atoms with van der Waals surface area (Å²) in [4.78, 5) is 16.3. The van der Waals surface area contributed by atoms with Crippen molar-refractivity contribution < 1.29 is 9.90 Å². The highest BCUT2D eigenvalue weighted by Gasteiger charge is 2.16. The molecule has 1 aromatic rings. The fraction of sp³-hybridized carbons (Fsp3) is 0.600. The minimum Gasteiger partial charge on any atom is -0.396 e. The molecule has 1 amide bonds. The quantitative estimate of drug-likeness (QED) is 0.774. The molecule has 4 heteroatoms. The summed E-state index contributed by atoms with van der Waals surface area (Å²) in [6, 6.07) is 3.65. The van der Waals surface area contributed by atoms with Gasteiger partial charge in [0.25, 0.3) is 5.91 Å². The van der Waals surface area contributed by atoms with Crippen molar-refractivity contribution in [2.75, 3.05) is 13.2 Å². The van der Waals surface area contributed by atoms with Gasteiger partial charge in [-0.25, -0.2) is 0 Å². The predicted molar refractivity (Wildman–Crippen MR) is 76.1 cm³/mol. The minimum absolute atomic E-state index is 0.0770. The zero-order valence-corrected chi connectivity index (χ0v) is 12.3. The van der Waals surface area contributed by atoms with Gasteiger partial charge < -0.3 is 10.4 Å². The van der Waals surface area contributed by atoms with E-state index in [4.69, 9.17) is 5.11 Å². The monoisotopic (exact) mass is 264 g/mol. The molecule has 4 nitrogen and oxygen atoms in total. The van der Waals surface area contributed by atoms with Crippen molar-refractivity contribution in [1.82, 2.24) is 10.3 Å². The number of nitrogens with one attached hydrogen (secondary N) is 1. The standard InChI is InChI=1S/C15H24N2O2/c1-11-6-7-13(12(2)17-11)14(19)16-9-5-8-15(3,4)10-18/h6-7,18H,5,8-10H2,1-4H3,(H,16,19). The molecule has 0 saturated carbocycles. The maximum atomic E-state index is 12.0. The maximum Gasteiger partial charge on any atom is 0.253 e. The summed E-state index contributed by atoms with van der Waals surface area (Å²) in [7, 11) is 0. The summed E-state index contributed by atoms with van der Waals surface area (Å²) in [6.45, 7) is 8.58. The van der Waals surface area contributed by atoms with Crippen LogP contribution in [0.1, 0.15) is 48.4 Å². The molecule has 106 valence electrons. The Balaban J connectivity index is 2.44. The molecule has 0 aromatic carbocycles. The first kappa shape index (κ1) is 15.6. The van der Waals surface area contributed by atoms with Crippen LogP contribution in [0.4, 0.5) is 0 Å². The Bertz CT molecular complexity index is 442. The largest absolute Gasteiger partial charge is 0.396 e. The van der Waals surface area contributed by atoms with Gasteiger partial charge in [0.15, 0.2) is 0 Å². The van der Waals surface area contributed by atoms with E-state index in [1.807, 2.05) is 39.8 Å². The van der Waals surface area contributed by atoms with Crippen molar-refractivity contribution in [3.8, 4) is 0 Å². The molecular formula is C15H24N2O2. The first-order valence-electron chi connectivity index (χ1n) is 6.69.